The monoisotopic (exact) mass is 163 g/mol. The van der Waals surface area contributed by atoms with Crippen LogP contribution in [0.1, 0.15) is 0 Å². The molecular weight excluding hydrogens is 152 g/mol. The maximum absolute atomic E-state index is 5.90. The first-order valence-corrected chi connectivity index (χ1v) is 0.813. The summed E-state index contributed by atoms with van der Waals surface area (Å²) < 4.78 is 5.90. The molecule has 0 aliphatic heterocycles. The average molecular weight is 163 g/mol. The molecule has 0 saturated carbocycles. The summed E-state index contributed by atoms with van der Waals surface area (Å²) in [4.78, 5) is 0. The third-order valence-corrected chi connectivity index (χ3v) is 0. The zero-order valence-electron chi connectivity index (χ0n) is 5.56. The van der Waals surface area contributed by atoms with Gasteiger partial charge >= 0.3 is 0 Å². The van der Waals surface area contributed by atoms with E-state index in [0.717, 1.165) is 0 Å². The van der Waals surface area contributed by atoms with Crippen LogP contribution in [0, 0.1) is 14.9 Å². The minimum atomic E-state index is 0. The van der Waals surface area contributed by atoms with E-state index in [1.54, 1.807) is 6.82 Å². The van der Waals surface area contributed by atoms with Gasteiger partial charge in [-0.25, -0.2) is 0 Å². The van der Waals surface area contributed by atoms with Crippen LogP contribution in [0.25, 0.3) is 0 Å². The number of rotatable bonds is 1. The second-order valence-electron chi connectivity index (χ2n) is 0.236. The van der Waals surface area contributed by atoms with E-state index in [-0.39, 0.29) is 47.6 Å². The van der Waals surface area contributed by atoms with Gasteiger partial charge in [-0.15, -0.1) is 0 Å². The zero-order chi connectivity index (χ0) is 3.41. The smallest absolute Gasteiger partial charge is 0.283 e. The van der Waals surface area contributed by atoms with Crippen molar-refractivity contribution in [2.24, 2.45) is 0 Å². The predicted octanol–water partition coefficient (Wildman–Crippen LogP) is 0.544. The quantitative estimate of drug-likeness (QED) is 0.441. The number of hydrogen-bond acceptors (Lipinski definition) is 1. The van der Waals surface area contributed by atoms with Gasteiger partial charge < -0.3 is 19.9 Å². The molecule has 0 saturated heterocycles. The number of hydrogen-bond donors (Lipinski definition) is 1. The molecule has 0 aliphatic rings. The van der Waals surface area contributed by atoms with Crippen molar-refractivity contribution in [1.29, 1.82) is 1.43 Å². The van der Waals surface area contributed by atoms with Gasteiger partial charge in [0.2, 0.25) is 0 Å². The van der Waals surface area contributed by atoms with Crippen molar-refractivity contribution in [1.82, 2.24) is 0 Å². The van der Waals surface area contributed by atoms with Crippen molar-refractivity contribution in [3.63, 3.8) is 0 Å². The summed E-state index contributed by atoms with van der Waals surface area (Å²) in [6.45, 7) is 1.65. The van der Waals surface area contributed by atoms with E-state index in [4.69, 9.17) is 1.43 Å². The fourth-order valence-corrected chi connectivity index (χ4v) is 0. The van der Waals surface area contributed by atoms with Crippen LogP contribution in [0.5, 0.6) is 0 Å². The summed E-state index contributed by atoms with van der Waals surface area (Å²) in [5, 5.41) is 3.67. The van der Waals surface area contributed by atoms with Gasteiger partial charge in [0.1, 0.15) is 0 Å². The molecule has 0 unspecified atom stereocenters. The minimum absolute atomic E-state index is 0. The maximum Gasteiger partial charge on any atom is 0.283 e. The van der Waals surface area contributed by atoms with Crippen LogP contribution in [0.3, 0.4) is 0 Å². The SMILES string of the molecule is [2H]O[B]C.[CH3-].[CH3-].[Y]. The minimum Gasteiger partial charge on any atom is -0.455 e. The normalized spacial score (nSPS) is 4.50. The molecule has 2 radical (unpaired) electrons. The molecule has 0 aromatic carbocycles. The van der Waals surface area contributed by atoms with Gasteiger partial charge in [-0.2, -0.15) is 0 Å². The van der Waals surface area contributed by atoms with Gasteiger partial charge in [0, 0.05) is 32.7 Å². The fraction of sp³-hybridized carbons (Fsp3) is 0.333. The molecule has 0 aromatic rings. The van der Waals surface area contributed by atoms with E-state index in [2.05, 4.69) is 5.03 Å². The molecule has 3 heteroatoms. The summed E-state index contributed by atoms with van der Waals surface area (Å²) in [6, 6.07) is 0. The molecule has 0 spiro atoms. The molecule has 0 rings (SSSR count). The molecule has 0 heterocycles. The molecule has 0 amide bonds. The molecule has 0 atom stereocenters. The second kappa shape index (κ2) is 35.6. The molecule has 36 valence electrons. The first-order chi connectivity index (χ1) is 1.91. The Morgan fingerprint density at radius 1 is 1.67 bits per heavy atom. The van der Waals surface area contributed by atoms with Crippen molar-refractivity contribution in [3.05, 3.63) is 14.9 Å². The van der Waals surface area contributed by atoms with E-state index in [1.165, 1.54) is 7.48 Å². The summed E-state index contributed by atoms with van der Waals surface area (Å²) in [7, 11) is 1.29. The van der Waals surface area contributed by atoms with Crippen LogP contribution in [0.15, 0.2) is 0 Å². The average Bonchev–Trinajstić information content (AvgIpc) is 1.37. The molecule has 0 aromatic heterocycles. The molecule has 1 N–H and O–H groups in total. The van der Waals surface area contributed by atoms with Gasteiger partial charge in [0.25, 0.3) is 7.48 Å². The summed E-state index contributed by atoms with van der Waals surface area (Å²) in [5.41, 5.74) is 0. The Morgan fingerprint density at radius 2 is 1.83 bits per heavy atom. The van der Waals surface area contributed by atoms with E-state index >= 15 is 0 Å². The van der Waals surface area contributed by atoms with Crippen LogP contribution >= 0.6 is 0 Å². The molecule has 1 nitrogen and oxygen atoms in total. The van der Waals surface area contributed by atoms with Crippen LogP contribution in [-0.4, -0.2) is 13.9 Å². The van der Waals surface area contributed by atoms with E-state index in [9.17, 15) is 0 Å². The Kier molecular flexibility index (Phi) is 93.1. The third kappa shape index (κ3) is 68.6. The fourth-order valence-electron chi connectivity index (χ4n) is 0. The van der Waals surface area contributed by atoms with Crippen LogP contribution in [0.4, 0.5) is 0 Å². The standard InChI is InChI=1S/CH4BO.2CH3.Y/c1-2-3;;;/h3H,1H3;2*1H3;/q;2*-1;/i3D;;;. The molecule has 0 bridgehead atoms. The molecule has 0 fully saturated rings. The van der Waals surface area contributed by atoms with Gasteiger partial charge in [-0.3, -0.25) is 0 Å². The van der Waals surface area contributed by atoms with Crippen molar-refractivity contribution in [3.8, 4) is 0 Å². The van der Waals surface area contributed by atoms with E-state index in [1.807, 2.05) is 0 Å². The Labute approximate surface area is 68.2 Å². The van der Waals surface area contributed by atoms with Crippen molar-refractivity contribution < 1.29 is 37.7 Å². The van der Waals surface area contributed by atoms with Gasteiger partial charge in [0.15, 0.2) is 1.43 Å². The van der Waals surface area contributed by atoms with E-state index < -0.39 is 0 Å². The van der Waals surface area contributed by atoms with Crippen LogP contribution in [-0.2, 0) is 32.7 Å². The molecular formula is C3H10BOY-2. The largest absolute Gasteiger partial charge is 0.455 e. The maximum atomic E-state index is 5.90. The second-order valence-corrected chi connectivity index (χ2v) is 0.236. The first-order valence-electron chi connectivity index (χ1n) is 1.22. The van der Waals surface area contributed by atoms with Gasteiger partial charge in [0.05, 0.1) is 0 Å². The van der Waals surface area contributed by atoms with Crippen LogP contribution in [0.2, 0.25) is 6.82 Å². The Balaban J connectivity index is -0.0000000150. The van der Waals surface area contributed by atoms with Crippen LogP contribution < -0.4 is 0 Å². The Hall–Kier alpha value is 1.13. The molecule has 6 heavy (non-hydrogen) atoms. The summed E-state index contributed by atoms with van der Waals surface area (Å²) in [6.07, 6.45) is 0. The summed E-state index contributed by atoms with van der Waals surface area (Å²) in [5.74, 6) is 0. The third-order valence-electron chi connectivity index (χ3n) is 0. The Morgan fingerprint density at radius 3 is 1.83 bits per heavy atom. The first kappa shape index (κ1) is 15.7. The van der Waals surface area contributed by atoms with Crippen molar-refractivity contribution >= 4 is 7.48 Å². The summed E-state index contributed by atoms with van der Waals surface area (Å²) >= 11 is 0. The van der Waals surface area contributed by atoms with E-state index in [0.29, 0.717) is 0 Å². The van der Waals surface area contributed by atoms with Crippen molar-refractivity contribution in [2.75, 3.05) is 0 Å². The van der Waals surface area contributed by atoms with Gasteiger partial charge in [-0.05, 0) is 0 Å². The zero-order valence-corrected chi connectivity index (χ0v) is 7.40. The molecule has 0 aliphatic carbocycles. The van der Waals surface area contributed by atoms with Gasteiger partial charge in [-0.1, -0.05) is 6.82 Å². The van der Waals surface area contributed by atoms with Crippen molar-refractivity contribution in [2.45, 2.75) is 6.82 Å². The topological polar surface area (TPSA) is 20.2 Å². The Bertz CT molecular complexity index is 16.9. The predicted molar refractivity (Wildman–Crippen MR) is 26.7 cm³/mol.